The second kappa shape index (κ2) is 5.74. The molecule has 0 radical (unpaired) electrons. The van der Waals surface area contributed by atoms with Crippen LogP contribution in [0.25, 0.3) is 0 Å². The van der Waals surface area contributed by atoms with Crippen LogP contribution in [0.4, 0.5) is 0 Å². The van der Waals surface area contributed by atoms with Gasteiger partial charge in [0.25, 0.3) is 0 Å². The molecule has 0 amide bonds. The summed E-state index contributed by atoms with van der Waals surface area (Å²) in [5, 5.41) is 9.05. The Balaban J connectivity index is 1.58. The van der Waals surface area contributed by atoms with E-state index in [9.17, 15) is 4.79 Å². The van der Waals surface area contributed by atoms with Crippen molar-refractivity contribution in [3.8, 4) is 5.75 Å². The third-order valence-corrected chi connectivity index (χ3v) is 5.84. The molecule has 3 heterocycles. The number of fused-ring (bicyclic) bond motifs is 4. The number of aliphatic carboxylic acids is 1. The summed E-state index contributed by atoms with van der Waals surface area (Å²) in [6, 6.07) is 8.19. The maximum absolute atomic E-state index is 11.0. The number of hydrogen-bond acceptors (Lipinski definition) is 4. The number of likely N-dealkylation sites (tertiary alicyclic amines) is 1. The first-order valence-corrected chi connectivity index (χ1v) is 8.81. The number of benzene rings is 1. The van der Waals surface area contributed by atoms with E-state index < -0.39 is 5.97 Å². The molecular weight excluding hydrogens is 306 g/mol. The number of piperidine rings is 1. The average Bonchev–Trinajstić information content (AvgIpc) is 2.52. The second-order valence-corrected chi connectivity index (χ2v) is 7.86. The van der Waals surface area contributed by atoms with Crippen LogP contribution in [0, 0.1) is 11.8 Å². The molecule has 1 N–H and O–H groups in total. The third kappa shape index (κ3) is 2.70. The molecule has 0 unspecified atom stereocenters. The molecule has 3 aliphatic rings. The standard InChI is InChI=1S/C19H25NO4/c1-19(2)14-9-12-10-20(11-17(21)22)8-7-15(12)23-18(14)13-5-3-4-6-16(13)24-19/h3-6,12,14-15,18H,7-11H2,1-2H3,(H,21,22)/t12-,14-,15-,18+/m1/s1. The highest BCUT2D eigenvalue weighted by Gasteiger charge is 2.51. The van der Waals surface area contributed by atoms with Gasteiger partial charge in [0.15, 0.2) is 0 Å². The summed E-state index contributed by atoms with van der Waals surface area (Å²) in [5.74, 6) is 0.856. The predicted octanol–water partition coefficient (Wildman–Crippen LogP) is 2.71. The number of carboxylic acids is 1. The van der Waals surface area contributed by atoms with E-state index in [1.165, 1.54) is 0 Å². The van der Waals surface area contributed by atoms with Gasteiger partial charge in [-0.1, -0.05) is 18.2 Å². The van der Waals surface area contributed by atoms with Gasteiger partial charge in [0, 0.05) is 24.6 Å². The summed E-state index contributed by atoms with van der Waals surface area (Å²) in [5.41, 5.74) is 0.882. The number of nitrogens with zero attached hydrogens (tertiary/aromatic N) is 1. The molecule has 130 valence electrons. The molecule has 2 saturated heterocycles. The molecule has 5 nitrogen and oxygen atoms in total. The molecule has 1 aromatic rings. The zero-order chi connectivity index (χ0) is 16.9. The van der Waals surface area contributed by atoms with Crippen LogP contribution >= 0.6 is 0 Å². The molecule has 0 aliphatic carbocycles. The molecule has 5 heteroatoms. The molecule has 4 rings (SSSR count). The first kappa shape index (κ1) is 15.9. The van der Waals surface area contributed by atoms with Crippen LogP contribution in [0.2, 0.25) is 0 Å². The lowest BCUT2D eigenvalue weighted by Gasteiger charge is -2.53. The number of carboxylic acid groups (broad SMARTS) is 1. The summed E-state index contributed by atoms with van der Waals surface area (Å²) < 4.78 is 12.8. The lowest BCUT2D eigenvalue weighted by atomic mass is 9.70. The van der Waals surface area contributed by atoms with Crippen molar-refractivity contribution >= 4 is 5.97 Å². The molecule has 3 aliphatic heterocycles. The zero-order valence-electron chi connectivity index (χ0n) is 14.3. The van der Waals surface area contributed by atoms with Crippen molar-refractivity contribution in [2.24, 2.45) is 11.8 Å². The number of hydrogen-bond donors (Lipinski definition) is 1. The minimum atomic E-state index is -0.752. The van der Waals surface area contributed by atoms with Crippen LogP contribution in [0.1, 0.15) is 38.4 Å². The number of ether oxygens (including phenoxy) is 2. The fourth-order valence-corrected chi connectivity index (χ4v) is 4.67. The minimum absolute atomic E-state index is 0.0808. The fraction of sp³-hybridized carbons (Fsp3) is 0.632. The Bertz CT molecular complexity index is 644. The lowest BCUT2D eigenvalue weighted by Crippen LogP contribution is -2.55. The number of para-hydroxylation sites is 1. The number of carbonyl (C=O) groups is 1. The molecule has 0 aromatic heterocycles. The van der Waals surface area contributed by atoms with Gasteiger partial charge < -0.3 is 14.6 Å². The molecule has 0 bridgehead atoms. The van der Waals surface area contributed by atoms with Gasteiger partial charge in [-0.3, -0.25) is 9.69 Å². The normalized spacial score (nSPS) is 34.4. The van der Waals surface area contributed by atoms with Gasteiger partial charge in [-0.25, -0.2) is 0 Å². The number of rotatable bonds is 2. The van der Waals surface area contributed by atoms with Crippen LogP contribution in [-0.4, -0.2) is 47.3 Å². The largest absolute Gasteiger partial charge is 0.487 e. The van der Waals surface area contributed by atoms with Crippen LogP contribution < -0.4 is 4.74 Å². The molecule has 24 heavy (non-hydrogen) atoms. The smallest absolute Gasteiger partial charge is 0.317 e. The van der Waals surface area contributed by atoms with Gasteiger partial charge in [0.05, 0.1) is 18.8 Å². The fourth-order valence-electron chi connectivity index (χ4n) is 4.67. The van der Waals surface area contributed by atoms with Crippen molar-refractivity contribution in [2.45, 2.75) is 44.5 Å². The molecule has 0 spiro atoms. The van der Waals surface area contributed by atoms with E-state index in [-0.39, 0.29) is 24.4 Å². The Kier molecular flexibility index (Phi) is 3.81. The predicted molar refractivity (Wildman–Crippen MR) is 89.1 cm³/mol. The van der Waals surface area contributed by atoms with Crippen molar-refractivity contribution in [1.29, 1.82) is 0 Å². The maximum Gasteiger partial charge on any atom is 0.317 e. The molecule has 4 atom stereocenters. The first-order valence-electron chi connectivity index (χ1n) is 8.81. The van der Waals surface area contributed by atoms with E-state index in [4.69, 9.17) is 14.6 Å². The van der Waals surface area contributed by atoms with Gasteiger partial charge in [-0.05, 0) is 38.7 Å². The molecule has 0 saturated carbocycles. The molecular formula is C19H25NO4. The Labute approximate surface area is 142 Å². The van der Waals surface area contributed by atoms with E-state index in [0.717, 1.165) is 37.2 Å². The third-order valence-electron chi connectivity index (χ3n) is 5.84. The van der Waals surface area contributed by atoms with Gasteiger partial charge in [-0.2, -0.15) is 0 Å². The van der Waals surface area contributed by atoms with Crippen molar-refractivity contribution in [1.82, 2.24) is 4.90 Å². The van der Waals surface area contributed by atoms with Gasteiger partial charge >= 0.3 is 5.97 Å². The van der Waals surface area contributed by atoms with Crippen molar-refractivity contribution in [3.63, 3.8) is 0 Å². The average molecular weight is 331 g/mol. The second-order valence-electron chi connectivity index (χ2n) is 7.86. The maximum atomic E-state index is 11.0. The van der Waals surface area contributed by atoms with Crippen molar-refractivity contribution < 1.29 is 19.4 Å². The molecule has 1 aromatic carbocycles. The highest BCUT2D eigenvalue weighted by atomic mass is 16.5. The van der Waals surface area contributed by atoms with E-state index in [1.807, 2.05) is 23.1 Å². The zero-order valence-corrected chi connectivity index (χ0v) is 14.3. The SMILES string of the molecule is CC1(C)Oc2ccccc2[C@@H]2O[C@@H]3CCN(CC(=O)O)C[C@H]3C[C@H]21. The summed E-state index contributed by atoms with van der Waals surface area (Å²) in [7, 11) is 0. The van der Waals surface area contributed by atoms with Crippen LogP contribution in [0.5, 0.6) is 5.75 Å². The Hall–Kier alpha value is -1.59. The molecule has 2 fully saturated rings. The van der Waals surface area contributed by atoms with E-state index in [2.05, 4.69) is 19.9 Å². The Morgan fingerprint density at radius 2 is 2.17 bits per heavy atom. The lowest BCUT2D eigenvalue weighted by molar-refractivity contribution is -0.188. The Morgan fingerprint density at radius 1 is 1.38 bits per heavy atom. The van der Waals surface area contributed by atoms with E-state index in [1.54, 1.807) is 0 Å². The summed E-state index contributed by atoms with van der Waals surface area (Å²) in [6.07, 6.45) is 2.23. The van der Waals surface area contributed by atoms with Crippen LogP contribution in [0.15, 0.2) is 24.3 Å². The van der Waals surface area contributed by atoms with E-state index >= 15 is 0 Å². The van der Waals surface area contributed by atoms with Crippen LogP contribution in [0.3, 0.4) is 0 Å². The first-order chi connectivity index (χ1) is 11.4. The van der Waals surface area contributed by atoms with Crippen molar-refractivity contribution in [2.75, 3.05) is 19.6 Å². The topological polar surface area (TPSA) is 59.0 Å². The highest BCUT2D eigenvalue weighted by molar-refractivity contribution is 5.69. The minimum Gasteiger partial charge on any atom is -0.487 e. The van der Waals surface area contributed by atoms with Gasteiger partial charge in [0.1, 0.15) is 11.4 Å². The summed E-state index contributed by atoms with van der Waals surface area (Å²) >= 11 is 0. The van der Waals surface area contributed by atoms with E-state index in [0.29, 0.717) is 11.8 Å². The monoisotopic (exact) mass is 331 g/mol. The van der Waals surface area contributed by atoms with Crippen molar-refractivity contribution in [3.05, 3.63) is 29.8 Å². The quantitative estimate of drug-likeness (QED) is 0.903. The Morgan fingerprint density at radius 3 is 2.96 bits per heavy atom. The van der Waals surface area contributed by atoms with Gasteiger partial charge in [0.2, 0.25) is 0 Å². The van der Waals surface area contributed by atoms with Gasteiger partial charge in [-0.15, -0.1) is 0 Å². The highest BCUT2D eigenvalue weighted by Crippen LogP contribution is 2.52. The summed E-state index contributed by atoms with van der Waals surface area (Å²) in [6.45, 7) is 6.01. The van der Waals surface area contributed by atoms with Crippen LogP contribution in [-0.2, 0) is 9.53 Å². The summed E-state index contributed by atoms with van der Waals surface area (Å²) in [4.78, 5) is 13.0.